The number of hydrogen-bond acceptors (Lipinski definition) is 3. The average Bonchev–Trinajstić information content (AvgIpc) is 2.90. The van der Waals surface area contributed by atoms with E-state index in [0.717, 1.165) is 12.1 Å². The Morgan fingerprint density at radius 2 is 2.05 bits per heavy atom. The molecule has 1 aromatic carbocycles. The van der Waals surface area contributed by atoms with E-state index in [9.17, 15) is 18.0 Å². The Morgan fingerprint density at radius 1 is 1.27 bits per heavy atom. The minimum atomic E-state index is -2.86. The number of benzene rings is 1. The Hall–Kier alpha value is -2.70. The molecule has 0 radical (unpaired) electrons. The van der Waals surface area contributed by atoms with Crippen LogP contribution < -0.4 is 0 Å². The number of Topliss-reactive ketones (excluding diaryl/α,β-unsaturated/α-hetero) is 1. The van der Waals surface area contributed by atoms with Crippen LogP contribution >= 0.6 is 0 Å². The minimum Gasteiger partial charge on any atom is -0.294 e. The molecule has 4 nitrogen and oxygen atoms in total. The Kier molecular flexibility index (Phi) is 3.40. The van der Waals surface area contributed by atoms with Crippen LogP contribution in [0.4, 0.5) is 13.2 Å². The van der Waals surface area contributed by atoms with E-state index in [1.165, 1.54) is 17.5 Å². The van der Waals surface area contributed by atoms with Crippen LogP contribution in [-0.2, 0) is 0 Å². The zero-order valence-corrected chi connectivity index (χ0v) is 11.4. The number of aromatic nitrogens is 3. The Labute approximate surface area is 123 Å². The normalized spacial score (nSPS) is 11.3. The highest BCUT2D eigenvalue weighted by Gasteiger charge is 2.19. The zero-order valence-electron chi connectivity index (χ0n) is 11.4. The van der Waals surface area contributed by atoms with Crippen LogP contribution in [0.2, 0.25) is 0 Å². The minimum absolute atomic E-state index is 0.0176. The molecule has 0 amide bonds. The molecule has 2 aromatic heterocycles. The van der Waals surface area contributed by atoms with Gasteiger partial charge in [0, 0.05) is 17.3 Å². The predicted molar refractivity (Wildman–Crippen MR) is 73.3 cm³/mol. The Bertz CT molecular complexity index is 874. The number of fused-ring (bicyclic) bond motifs is 1. The molecule has 0 saturated heterocycles. The summed E-state index contributed by atoms with van der Waals surface area (Å²) >= 11 is 0. The molecule has 0 N–H and O–H groups in total. The molecule has 0 aliphatic carbocycles. The van der Waals surface area contributed by atoms with Crippen LogP contribution in [0.3, 0.4) is 0 Å². The van der Waals surface area contributed by atoms with E-state index in [1.54, 1.807) is 18.3 Å². The van der Waals surface area contributed by atoms with Gasteiger partial charge in [0.1, 0.15) is 5.82 Å². The topological polar surface area (TPSA) is 47.3 Å². The number of rotatable bonds is 3. The van der Waals surface area contributed by atoms with E-state index in [-0.39, 0.29) is 22.8 Å². The summed E-state index contributed by atoms with van der Waals surface area (Å²) in [5.74, 6) is -0.950. The first-order valence-electron chi connectivity index (χ1n) is 6.41. The lowest BCUT2D eigenvalue weighted by Crippen LogP contribution is -1.97. The first-order valence-corrected chi connectivity index (χ1v) is 6.41. The fourth-order valence-electron chi connectivity index (χ4n) is 2.21. The van der Waals surface area contributed by atoms with Gasteiger partial charge in [-0.05, 0) is 37.3 Å². The number of pyridine rings is 1. The maximum absolute atomic E-state index is 13.2. The maximum atomic E-state index is 13.2. The molecule has 22 heavy (non-hydrogen) atoms. The van der Waals surface area contributed by atoms with Crippen LogP contribution in [0.15, 0.2) is 36.5 Å². The first kappa shape index (κ1) is 14.2. The standard InChI is InChI=1S/C15H10F3N3O/c1-8(22)10-3-2-6-21-15(10)19-14(20-21)11-5-4-9(16)7-12(11)13(17)18/h2-7,13H,1H3. The molecule has 0 unspecified atom stereocenters. The molecule has 0 spiro atoms. The van der Waals surface area contributed by atoms with Crippen LogP contribution in [0.25, 0.3) is 17.0 Å². The summed E-state index contributed by atoms with van der Waals surface area (Å²) < 4.78 is 40.7. The monoisotopic (exact) mass is 305 g/mol. The van der Waals surface area contributed by atoms with Crippen molar-refractivity contribution in [3.63, 3.8) is 0 Å². The third-order valence-electron chi connectivity index (χ3n) is 3.23. The number of nitrogens with zero attached hydrogens (tertiary/aromatic N) is 3. The molecule has 3 rings (SSSR count). The second-order valence-corrected chi connectivity index (χ2v) is 4.71. The summed E-state index contributed by atoms with van der Waals surface area (Å²) in [4.78, 5) is 15.7. The smallest absolute Gasteiger partial charge is 0.264 e. The Morgan fingerprint density at radius 3 is 2.73 bits per heavy atom. The van der Waals surface area contributed by atoms with Gasteiger partial charge in [0.05, 0.1) is 5.56 Å². The fourth-order valence-corrected chi connectivity index (χ4v) is 2.21. The second-order valence-electron chi connectivity index (χ2n) is 4.71. The number of ketones is 1. The molecule has 0 bridgehead atoms. The number of halogens is 3. The lowest BCUT2D eigenvalue weighted by Gasteiger charge is -2.05. The van der Waals surface area contributed by atoms with Crippen LogP contribution in [0.5, 0.6) is 0 Å². The summed E-state index contributed by atoms with van der Waals surface area (Å²) in [5.41, 5.74) is 0.159. The molecule has 0 saturated carbocycles. The lowest BCUT2D eigenvalue weighted by atomic mass is 10.1. The van der Waals surface area contributed by atoms with Gasteiger partial charge in [-0.1, -0.05) is 0 Å². The van der Waals surface area contributed by atoms with Gasteiger partial charge < -0.3 is 0 Å². The van der Waals surface area contributed by atoms with E-state index in [4.69, 9.17) is 0 Å². The van der Waals surface area contributed by atoms with E-state index >= 15 is 0 Å². The van der Waals surface area contributed by atoms with Gasteiger partial charge >= 0.3 is 0 Å². The van der Waals surface area contributed by atoms with E-state index in [0.29, 0.717) is 5.56 Å². The predicted octanol–water partition coefficient (Wildman–Crippen LogP) is 3.68. The summed E-state index contributed by atoms with van der Waals surface area (Å²) in [7, 11) is 0. The van der Waals surface area contributed by atoms with Gasteiger partial charge in [-0.2, -0.15) is 0 Å². The number of carbonyl (C=O) groups is 1. The maximum Gasteiger partial charge on any atom is 0.264 e. The largest absolute Gasteiger partial charge is 0.294 e. The fraction of sp³-hybridized carbons (Fsp3) is 0.133. The van der Waals surface area contributed by atoms with Crippen LogP contribution in [-0.4, -0.2) is 20.4 Å². The Balaban J connectivity index is 2.24. The SMILES string of the molecule is CC(=O)c1cccn2nc(-c3ccc(F)cc3C(F)F)nc12. The number of hydrogen-bond donors (Lipinski definition) is 0. The summed E-state index contributed by atoms with van der Waals surface area (Å²) in [6.45, 7) is 1.38. The van der Waals surface area contributed by atoms with Gasteiger partial charge in [0.15, 0.2) is 17.3 Å². The molecule has 0 aliphatic heterocycles. The highest BCUT2D eigenvalue weighted by molar-refractivity contribution is 5.99. The lowest BCUT2D eigenvalue weighted by molar-refractivity contribution is 0.101. The number of carbonyl (C=O) groups excluding carboxylic acids is 1. The molecule has 7 heteroatoms. The first-order chi connectivity index (χ1) is 10.5. The van der Waals surface area contributed by atoms with Crippen molar-refractivity contribution in [2.45, 2.75) is 13.3 Å². The van der Waals surface area contributed by atoms with E-state index < -0.39 is 17.8 Å². The van der Waals surface area contributed by atoms with E-state index in [1.807, 2.05) is 0 Å². The van der Waals surface area contributed by atoms with Gasteiger partial charge in [0.25, 0.3) is 6.43 Å². The highest BCUT2D eigenvalue weighted by Crippen LogP contribution is 2.30. The third kappa shape index (κ3) is 2.34. The quantitative estimate of drug-likeness (QED) is 0.694. The molecule has 112 valence electrons. The molecular weight excluding hydrogens is 295 g/mol. The summed E-state index contributed by atoms with van der Waals surface area (Å²) in [6, 6.07) is 6.23. The summed E-state index contributed by atoms with van der Waals surface area (Å²) in [5, 5.41) is 4.10. The van der Waals surface area contributed by atoms with Gasteiger partial charge in [-0.3, -0.25) is 4.79 Å². The summed E-state index contributed by atoms with van der Waals surface area (Å²) in [6.07, 6.45) is -1.30. The average molecular weight is 305 g/mol. The van der Waals surface area contributed by atoms with Crippen molar-refractivity contribution in [1.29, 1.82) is 0 Å². The van der Waals surface area contributed by atoms with Crippen LogP contribution in [0, 0.1) is 5.82 Å². The van der Waals surface area contributed by atoms with Crippen molar-refractivity contribution in [3.05, 3.63) is 53.5 Å². The second kappa shape index (κ2) is 5.25. The van der Waals surface area contributed by atoms with Gasteiger partial charge in [-0.15, -0.1) is 5.10 Å². The van der Waals surface area contributed by atoms with Crippen molar-refractivity contribution in [1.82, 2.24) is 14.6 Å². The van der Waals surface area contributed by atoms with Gasteiger partial charge in [0.2, 0.25) is 0 Å². The molecular formula is C15H10F3N3O. The van der Waals surface area contributed by atoms with Crippen LogP contribution in [0.1, 0.15) is 29.3 Å². The molecule has 2 heterocycles. The van der Waals surface area contributed by atoms with Crippen molar-refractivity contribution >= 4 is 11.4 Å². The van der Waals surface area contributed by atoms with Crippen molar-refractivity contribution < 1.29 is 18.0 Å². The van der Waals surface area contributed by atoms with Gasteiger partial charge in [-0.25, -0.2) is 22.7 Å². The highest BCUT2D eigenvalue weighted by atomic mass is 19.3. The van der Waals surface area contributed by atoms with Crippen molar-refractivity contribution in [2.75, 3.05) is 0 Å². The zero-order chi connectivity index (χ0) is 15.9. The van der Waals surface area contributed by atoms with Crippen molar-refractivity contribution in [3.8, 4) is 11.4 Å². The molecule has 0 aliphatic rings. The molecule has 3 aromatic rings. The molecule has 0 atom stereocenters. The third-order valence-corrected chi connectivity index (χ3v) is 3.23. The van der Waals surface area contributed by atoms with E-state index in [2.05, 4.69) is 10.1 Å². The van der Waals surface area contributed by atoms with Crippen molar-refractivity contribution in [2.24, 2.45) is 0 Å². The number of alkyl halides is 2. The molecule has 0 fully saturated rings.